The van der Waals surface area contributed by atoms with E-state index in [2.05, 4.69) is 24.6 Å². The van der Waals surface area contributed by atoms with Crippen LogP contribution in [0.1, 0.15) is 60.7 Å². The molecule has 2 aromatic carbocycles. The van der Waals surface area contributed by atoms with Crippen LogP contribution in [0.25, 0.3) is 11.1 Å². The Labute approximate surface area is 198 Å². The summed E-state index contributed by atoms with van der Waals surface area (Å²) in [6, 6.07) is 11.9. The average Bonchev–Trinajstić information content (AvgIpc) is 3.34. The summed E-state index contributed by atoms with van der Waals surface area (Å²) in [5.74, 6) is 0. The number of benzene rings is 2. The topological polar surface area (TPSA) is 34.5 Å². The van der Waals surface area contributed by atoms with Gasteiger partial charge in [0.05, 0.1) is 18.2 Å². The number of rotatable bonds is 5. The summed E-state index contributed by atoms with van der Waals surface area (Å²) in [5, 5.41) is 0. The number of hydrogen-bond donors (Lipinski definition) is 0. The highest BCUT2D eigenvalue weighted by molar-refractivity contribution is 5.73. The number of carbonyl (C=O) groups is 1. The second-order valence-electron chi connectivity index (χ2n) is 9.40. The van der Waals surface area contributed by atoms with E-state index in [0.717, 1.165) is 34.4 Å². The number of nitrogens with zero attached hydrogens (tertiary/aromatic N) is 2. The highest BCUT2D eigenvalue weighted by Crippen LogP contribution is 2.38. The molecule has 0 aliphatic carbocycles. The van der Waals surface area contributed by atoms with Gasteiger partial charge in [0.1, 0.15) is 6.10 Å². The van der Waals surface area contributed by atoms with Crippen molar-refractivity contribution < 1.29 is 22.7 Å². The summed E-state index contributed by atoms with van der Waals surface area (Å²) in [5.41, 5.74) is 4.19. The predicted molar refractivity (Wildman–Crippen MR) is 125 cm³/mol. The predicted octanol–water partition coefficient (Wildman–Crippen LogP) is 7.45. The molecule has 34 heavy (non-hydrogen) atoms. The Kier molecular flexibility index (Phi) is 6.23. The van der Waals surface area contributed by atoms with Crippen LogP contribution in [0, 0.1) is 13.8 Å². The molecule has 1 amide bonds. The first-order valence-corrected chi connectivity index (χ1v) is 11.4. The number of aryl methyl sites for hydroxylation is 2. The van der Waals surface area contributed by atoms with Crippen molar-refractivity contribution in [2.45, 2.75) is 65.5 Å². The lowest BCUT2D eigenvalue weighted by Crippen LogP contribution is -2.31. The van der Waals surface area contributed by atoms with Crippen molar-refractivity contribution in [3.05, 3.63) is 82.7 Å². The van der Waals surface area contributed by atoms with E-state index in [1.807, 2.05) is 44.3 Å². The van der Waals surface area contributed by atoms with Crippen molar-refractivity contribution in [1.82, 2.24) is 9.47 Å². The van der Waals surface area contributed by atoms with Crippen molar-refractivity contribution >= 4 is 6.09 Å². The smallest absolute Gasteiger partial charge is 0.416 e. The maximum absolute atomic E-state index is 13.3. The van der Waals surface area contributed by atoms with Crippen molar-refractivity contribution in [1.29, 1.82) is 0 Å². The Morgan fingerprint density at radius 1 is 1.03 bits per heavy atom. The van der Waals surface area contributed by atoms with Gasteiger partial charge in [0, 0.05) is 18.4 Å². The van der Waals surface area contributed by atoms with Crippen LogP contribution in [-0.2, 0) is 17.5 Å². The second-order valence-corrected chi connectivity index (χ2v) is 9.40. The van der Waals surface area contributed by atoms with Crippen molar-refractivity contribution in [2.75, 3.05) is 0 Å². The molecule has 0 unspecified atom stereocenters. The third-order valence-corrected chi connectivity index (χ3v) is 6.37. The number of aromatic nitrogens is 1. The van der Waals surface area contributed by atoms with Gasteiger partial charge in [-0.3, -0.25) is 4.90 Å². The van der Waals surface area contributed by atoms with Crippen LogP contribution in [0.15, 0.2) is 54.9 Å². The molecule has 180 valence electrons. The normalized spacial score (nSPS) is 18.6. The molecule has 1 aliphatic rings. The minimum Gasteiger partial charge on any atom is -0.439 e. The molecule has 1 fully saturated rings. The molecule has 1 aliphatic heterocycles. The maximum Gasteiger partial charge on any atom is 0.416 e. The van der Waals surface area contributed by atoms with Gasteiger partial charge in [-0.05, 0) is 75.1 Å². The summed E-state index contributed by atoms with van der Waals surface area (Å²) in [7, 11) is 0. The Hall–Kier alpha value is -3.22. The molecule has 0 saturated carbocycles. The lowest BCUT2D eigenvalue weighted by Gasteiger charge is -2.23. The first-order chi connectivity index (χ1) is 15.9. The zero-order chi connectivity index (χ0) is 24.8. The minimum atomic E-state index is -4.46. The van der Waals surface area contributed by atoms with Crippen LogP contribution < -0.4 is 0 Å². The highest BCUT2D eigenvalue weighted by atomic mass is 19.4. The molecule has 0 spiro atoms. The summed E-state index contributed by atoms with van der Waals surface area (Å²) >= 11 is 0. The Morgan fingerprint density at radius 2 is 1.76 bits per heavy atom. The van der Waals surface area contributed by atoms with Gasteiger partial charge in [0.15, 0.2) is 0 Å². The molecule has 2 heterocycles. The highest BCUT2D eigenvalue weighted by Gasteiger charge is 2.41. The Bertz CT molecular complexity index is 1210. The molecule has 3 aromatic rings. The van der Waals surface area contributed by atoms with Gasteiger partial charge >= 0.3 is 12.3 Å². The van der Waals surface area contributed by atoms with Gasteiger partial charge in [-0.15, -0.1) is 0 Å². The van der Waals surface area contributed by atoms with E-state index in [0.29, 0.717) is 23.7 Å². The summed E-state index contributed by atoms with van der Waals surface area (Å²) in [6.07, 6.45) is -1.65. The van der Waals surface area contributed by atoms with Gasteiger partial charge in [-0.25, -0.2) is 4.79 Å². The number of carbonyl (C=O) groups excluding carboxylic acids is 1. The maximum atomic E-state index is 13.3. The van der Waals surface area contributed by atoms with Gasteiger partial charge in [0.25, 0.3) is 0 Å². The largest absolute Gasteiger partial charge is 0.439 e. The van der Waals surface area contributed by atoms with E-state index in [1.165, 1.54) is 0 Å². The number of hydrogen-bond acceptors (Lipinski definition) is 2. The van der Waals surface area contributed by atoms with Crippen LogP contribution in [0.4, 0.5) is 18.0 Å². The van der Waals surface area contributed by atoms with Crippen LogP contribution >= 0.6 is 0 Å². The van der Waals surface area contributed by atoms with Gasteiger partial charge in [-0.1, -0.05) is 35.4 Å². The lowest BCUT2D eigenvalue weighted by molar-refractivity contribution is -0.137. The number of alkyl halides is 3. The monoisotopic (exact) mass is 470 g/mol. The van der Waals surface area contributed by atoms with Crippen molar-refractivity contribution in [3.8, 4) is 11.1 Å². The summed E-state index contributed by atoms with van der Waals surface area (Å²) in [6.45, 7) is 9.94. The molecule has 0 radical (unpaired) electrons. The fourth-order valence-electron chi connectivity index (χ4n) is 4.51. The fraction of sp³-hybridized carbons (Fsp3) is 0.370. The van der Waals surface area contributed by atoms with Crippen LogP contribution in [0.5, 0.6) is 0 Å². The Balaban J connectivity index is 1.64. The molecule has 0 N–H and O–H groups in total. The molecule has 7 heteroatoms. The number of cyclic esters (lactones) is 1. The third-order valence-electron chi connectivity index (χ3n) is 6.37. The molecular formula is C27H29F3N2O2. The quantitative estimate of drug-likeness (QED) is 0.388. The van der Waals surface area contributed by atoms with Crippen LogP contribution in [0.3, 0.4) is 0 Å². The van der Waals surface area contributed by atoms with Gasteiger partial charge in [-0.2, -0.15) is 13.2 Å². The molecule has 1 saturated heterocycles. The molecule has 4 rings (SSSR count). The standard InChI is InChI=1S/C27H29F3N2O2/c1-16(2)31-9-8-20(14-31)24-7-6-17(3)10-22(24)15-32-19(5)25(34-26(32)33)21-11-18(4)12-23(13-21)27(28,29)30/h6-14,16,19,25H,15H2,1-5H3/t19-,25-/m0/s1. The van der Waals surface area contributed by atoms with E-state index in [1.54, 1.807) is 17.9 Å². The lowest BCUT2D eigenvalue weighted by atomic mass is 9.96. The first kappa shape index (κ1) is 23.9. The molecule has 1 aromatic heterocycles. The summed E-state index contributed by atoms with van der Waals surface area (Å²) in [4.78, 5) is 14.4. The molecular weight excluding hydrogens is 441 g/mol. The molecule has 0 bridgehead atoms. The number of amides is 1. The van der Waals surface area contributed by atoms with Crippen molar-refractivity contribution in [2.24, 2.45) is 0 Å². The minimum absolute atomic E-state index is 0.304. The number of ether oxygens (including phenoxy) is 1. The fourth-order valence-corrected chi connectivity index (χ4v) is 4.51. The molecule has 4 nitrogen and oxygen atoms in total. The van der Waals surface area contributed by atoms with Gasteiger partial charge in [0.2, 0.25) is 0 Å². The SMILES string of the molecule is Cc1cc([C@H]2OC(=O)N(Cc3cc(C)ccc3-c3ccn(C(C)C)c3)[C@H]2C)cc(C(F)(F)F)c1. The van der Waals surface area contributed by atoms with Crippen LogP contribution in [-0.4, -0.2) is 21.6 Å². The molecule has 2 atom stereocenters. The van der Waals surface area contributed by atoms with E-state index in [4.69, 9.17) is 4.74 Å². The van der Waals surface area contributed by atoms with Gasteiger partial charge < -0.3 is 9.30 Å². The Morgan fingerprint density at radius 3 is 2.41 bits per heavy atom. The first-order valence-electron chi connectivity index (χ1n) is 11.4. The third kappa shape index (κ3) is 4.69. The van der Waals surface area contributed by atoms with E-state index >= 15 is 0 Å². The summed E-state index contributed by atoms with van der Waals surface area (Å²) < 4.78 is 47.8. The second kappa shape index (κ2) is 8.85. The van der Waals surface area contributed by atoms with Crippen molar-refractivity contribution in [3.63, 3.8) is 0 Å². The average molecular weight is 471 g/mol. The zero-order valence-electron chi connectivity index (χ0n) is 20.0. The number of halogens is 3. The van der Waals surface area contributed by atoms with E-state index in [-0.39, 0.29) is 0 Å². The van der Waals surface area contributed by atoms with Crippen LogP contribution in [0.2, 0.25) is 0 Å². The zero-order valence-corrected chi connectivity index (χ0v) is 20.0. The van der Waals surface area contributed by atoms with E-state index in [9.17, 15) is 18.0 Å². The van der Waals surface area contributed by atoms with E-state index < -0.39 is 30.0 Å².